The van der Waals surface area contributed by atoms with Crippen LogP contribution in [0.15, 0.2) is 36.5 Å². The van der Waals surface area contributed by atoms with Gasteiger partial charge in [-0.15, -0.1) is 0 Å². The third-order valence-corrected chi connectivity index (χ3v) is 10.3. The summed E-state index contributed by atoms with van der Waals surface area (Å²) in [5.74, 6) is -0.954. The van der Waals surface area contributed by atoms with Gasteiger partial charge in [-0.3, -0.25) is 14.1 Å². The maximum absolute atomic E-state index is 12.5. The SMILES string of the molecule is CCCCC/C=C\C/C=C\C/C=C\CC1OC1CCCC(=O)O[C@H](COC(=O)CCCCCCCCCCCCCCCCCCCC)COP(=O)(O)O. The van der Waals surface area contributed by atoms with Crippen molar-refractivity contribution in [1.29, 1.82) is 0 Å². The molecule has 0 aliphatic carbocycles. The van der Waals surface area contributed by atoms with Gasteiger partial charge in [0.15, 0.2) is 6.10 Å². The van der Waals surface area contributed by atoms with E-state index in [4.69, 9.17) is 24.0 Å². The van der Waals surface area contributed by atoms with E-state index >= 15 is 0 Å². The first-order chi connectivity index (χ1) is 26.2. The van der Waals surface area contributed by atoms with Crippen molar-refractivity contribution in [3.8, 4) is 0 Å². The van der Waals surface area contributed by atoms with Crippen LogP contribution in [0.25, 0.3) is 0 Å². The molecule has 0 amide bonds. The number of carbonyl (C=O) groups is 2. The number of esters is 2. The summed E-state index contributed by atoms with van der Waals surface area (Å²) in [6, 6.07) is 0. The zero-order valence-corrected chi connectivity index (χ0v) is 35.2. The Morgan fingerprint density at radius 2 is 1.07 bits per heavy atom. The molecule has 1 saturated heterocycles. The number of unbranched alkanes of at least 4 members (excludes halogenated alkanes) is 20. The number of hydrogen-bond acceptors (Lipinski definition) is 7. The lowest BCUT2D eigenvalue weighted by Crippen LogP contribution is -2.29. The van der Waals surface area contributed by atoms with Gasteiger partial charge >= 0.3 is 19.8 Å². The number of rotatable bonds is 39. The summed E-state index contributed by atoms with van der Waals surface area (Å²) >= 11 is 0. The van der Waals surface area contributed by atoms with Gasteiger partial charge in [-0.25, -0.2) is 4.57 Å². The van der Waals surface area contributed by atoms with Crippen LogP contribution in [0, 0.1) is 0 Å². The van der Waals surface area contributed by atoms with Crippen molar-refractivity contribution in [1.82, 2.24) is 0 Å². The standard InChI is InChI=1S/C44H79O9P/c1-3-5-7-9-11-13-15-17-18-19-20-21-22-24-26-28-30-32-36-43(45)50-38-40(39-51-54(47,48)49)52-44(46)37-33-35-42-41(53-42)34-31-29-27-25-23-16-14-12-10-8-6-4-2/h12,14,23,25,29,31,40-42H,3-11,13,15-22,24,26-28,30,32-39H2,1-2H3,(H2,47,48,49)/b14-12-,25-23-,31-29-/t40-,41?,42?/m1/s1. The van der Waals surface area contributed by atoms with E-state index in [1.165, 1.54) is 116 Å². The maximum Gasteiger partial charge on any atom is 0.469 e. The summed E-state index contributed by atoms with van der Waals surface area (Å²) < 4.78 is 32.2. The molecule has 3 atom stereocenters. The van der Waals surface area contributed by atoms with E-state index in [9.17, 15) is 14.2 Å². The number of phosphoric ester groups is 1. The van der Waals surface area contributed by atoms with Crippen molar-refractivity contribution in [2.24, 2.45) is 0 Å². The quantitative estimate of drug-likeness (QED) is 0.0205. The largest absolute Gasteiger partial charge is 0.469 e. The van der Waals surface area contributed by atoms with Crippen LogP contribution in [0.3, 0.4) is 0 Å². The predicted octanol–water partition coefficient (Wildman–Crippen LogP) is 12.3. The molecule has 0 saturated carbocycles. The van der Waals surface area contributed by atoms with E-state index in [0.717, 1.165) is 51.4 Å². The van der Waals surface area contributed by atoms with E-state index < -0.39 is 32.5 Å². The number of allylic oxidation sites excluding steroid dienone is 5. The Labute approximate surface area is 329 Å². The lowest BCUT2D eigenvalue weighted by Gasteiger charge is -2.18. The fourth-order valence-corrected chi connectivity index (χ4v) is 6.82. The molecule has 0 radical (unpaired) electrons. The molecule has 0 aromatic heterocycles. The lowest BCUT2D eigenvalue weighted by molar-refractivity contribution is -0.161. The van der Waals surface area contributed by atoms with Crippen LogP contribution in [0.4, 0.5) is 0 Å². The molecule has 314 valence electrons. The normalized spacial score (nSPS) is 16.5. The number of carbonyl (C=O) groups excluding carboxylic acids is 2. The van der Waals surface area contributed by atoms with Gasteiger partial charge in [-0.1, -0.05) is 172 Å². The number of epoxide rings is 1. The van der Waals surface area contributed by atoms with Gasteiger partial charge < -0.3 is 24.0 Å². The monoisotopic (exact) mass is 783 g/mol. The van der Waals surface area contributed by atoms with Crippen molar-refractivity contribution in [3.05, 3.63) is 36.5 Å². The molecule has 0 bridgehead atoms. The summed E-state index contributed by atoms with van der Waals surface area (Å²) in [7, 11) is -4.78. The highest BCUT2D eigenvalue weighted by molar-refractivity contribution is 7.46. The second kappa shape index (κ2) is 35.6. The minimum atomic E-state index is -4.78. The predicted molar refractivity (Wildman–Crippen MR) is 220 cm³/mol. The van der Waals surface area contributed by atoms with Crippen LogP contribution in [0.1, 0.15) is 200 Å². The number of hydrogen-bond donors (Lipinski definition) is 2. The van der Waals surface area contributed by atoms with E-state index in [1.807, 2.05) is 0 Å². The zero-order chi connectivity index (χ0) is 39.4. The summed E-state index contributed by atoms with van der Waals surface area (Å²) in [6.45, 7) is 3.61. The Balaban J connectivity index is 2.09. The average Bonchev–Trinajstić information content (AvgIpc) is 3.89. The lowest BCUT2D eigenvalue weighted by atomic mass is 10.0. The third-order valence-electron chi connectivity index (χ3n) is 9.84. The van der Waals surface area contributed by atoms with E-state index in [0.29, 0.717) is 6.42 Å². The fourth-order valence-electron chi connectivity index (χ4n) is 6.46. The topological polar surface area (TPSA) is 132 Å². The Bertz CT molecular complexity index is 1040. The average molecular weight is 783 g/mol. The van der Waals surface area contributed by atoms with Gasteiger partial charge in [0.2, 0.25) is 0 Å². The van der Waals surface area contributed by atoms with Crippen LogP contribution >= 0.6 is 7.82 Å². The van der Waals surface area contributed by atoms with Gasteiger partial charge in [0, 0.05) is 12.8 Å². The molecule has 1 aliphatic rings. The Hall–Kier alpha value is -1.77. The summed E-state index contributed by atoms with van der Waals surface area (Å²) in [6.07, 6.45) is 44.6. The molecule has 9 nitrogen and oxygen atoms in total. The van der Waals surface area contributed by atoms with Crippen LogP contribution < -0.4 is 0 Å². The minimum Gasteiger partial charge on any atom is -0.462 e. The van der Waals surface area contributed by atoms with Crippen molar-refractivity contribution < 1.29 is 42.7 Å². The van der Waals surface area contributed by atoms with Crippen LogP contribution in [0.5, 0.6) is 0 Å². The highest BCUT2D eigenvalue weighted by atomic mass is 31.2. The maximum atomic E-state index is 12.5. The summed E-state index contributed by atoms with van der Waals surface area (Å²) in [5.41, 5.74) is 0. The fraction of sp³-hybridized carbons (Fsp3) is 0.818. The molecule has 2 unspecified atom stereocenters. The van der Waals surface area contributed by atoms with Crippen LogP contribution in [-0.2, 0) is 32.9 Å². The highest BCUT2D eigenvalue weighted by Crippen LogP contribution is 2.36. The second-order valence-corrected chi connectivity index (χ2v) is 16.3. The first kappa shape index (κ1) is 50.2. The third kappa shape index (κ3) is 34.7. The molecule has 1 heterocycles. The van der Waals surface area contributed by atoms with Gasteiger partial charge in [-0.2, -0.15) is 0 Å². The molecule has 10 heteroatoms. The smallest absolute Gasteiger partial charge is 0.462 e. The molecule has 0 spiro atoms. The van der Waals surface area contributed by atoms with E-state index in [1.54, 1.807) is 0 Å². The van der Waals surface area contributed by atoms with Gasteiger partial charge in [0.25, 0.3) is 0 Å². The number of ether oxygens (including phenoxy) is 3. The van der Waals surface area contributed by atoms with Crippen molar-refractivity contribution in [2.75, 3.05) is 13.2 Å². The molecule has 0 aromatic carbocycles. The van der Waals surface area contributed by atoms with Crippen LogP contribution in [0.2, 0.25) is 0 Å². The molecule has 54 heavy (non-hydrogen) atoms. The molecular formula is C44H79O9P. The van der Waals surface area contributed by atoms with E-state index in [-0.39, 0.29) is 31.7 Å². The highest BCUT2D eigenvalue weighted by Gasteiger charge is 2.36. The number of phosphoric acid groups is 1. The van der Waals surface area contributed by atoms with Gasteiger partial charge in [0.05, 0.1) is 18.8 Å². The van der Waals surface area contributed by atoms with Gasteiger partial charge in [0.1, 0.15) is 6.61 Å². The second-order valence-electron chi connectivity index (χ2n) is 15.1. The van der Waals surface area contributed by atoms with Crippen LogP contribution in [-0.4, -0.2) is 53.3 Å². The summed E-state index contributed by atoms with van der Waals surface area (Å²) in [4.78, 5) is 43.0. The minimum absolute atomic E-state index is 0.116. The Kier molecular flexibility index (Phi) is 33.2. The molecular weight excluding hydrogens is 703 g/mol. The van der Waals surface area contributed by atoms with Crippen molar-refractivity contribution in [2.45, 2.75) is 218 Å². The van der Waals surface area contributed by atoms with Crippen molar-refractivity contribution >= 4 is 19.8 Å². The molecule has 0 aromatic rings. The zero-order valence-electron chi connectivity index (χ0n) is 34.3. The molecule has 1 rings (SSSR count). The van der Waals surface area contributed by atoms with E-state index in [2.05, 4.69) is 54.8 Å². The molecule has 1 aliphatic heterocycles. The Morgan fingerprint density at radius 3 is 1.63 bits per heavy atom. The summed E-state index contributed by atoms with van der Waals surface area (Å²) in [5, 5.41) is 0. The Morgan fingerprint density at radius 1 is 0.593 bits per heavy atom. The van der Waals surface area contributed by atoms with Gasteiger partial charge in [-0.05, 0) is 51.4 Å². The van der Waals surface area contributed by atoms with Crippen molar-refractivity contribution in [3.63, 3.8) is 0 Å². The molecule has 2 N–H and O–H groups in total. The molecule has 1 fully saturated rings. The first-order valence-corrected chi connectivity index (χ1v) is 23.4. The first-order valence-electron chi connectivity index (χ1n) is 21.9.